The third-order valence-corrected chi connectivity index (χ3v) is 6.84. The zero-order valence-electron chi connectivity index (χ0n) is 21.5. The van der Waals surface area contributed by atoms with Crippen LogP contribution in [0.25, 0.3) is 11.4 Å². The number of para-hydroxylation sites is 2. The van der Waals surface area contributed by atoms with Crippen LogP contribution < -0.4 is 18.9 Å². The molecule has 0 aliphatic carbocycles. The van der Waals surface area contributed by atoms with Crippen LogP contribution >= 0.6 is 0 Å². The normalized spacial score (nSPS) is 11.7. The van der Waals surface area contributed by atoms with Gasteiger partial charge < -0.3 is 23.7 Å². The number of benzene rings is 2. The molecule has 200 valence electrons. The van der Waals surface area contributed by atoms with Crippen LogP contribution in [0.4, 0.5) is 5.82 Å². The average Bonchev–Trinajstić information content (AvgIpc) is 3.43. The summed E-state index contributed by atoms with van der Waals surface area (Å²) in [5.41, 5.74) is 1.33. The third kappa shape index (κ3) is 6.06. The molecule has 11 heteroatoms. The molecule has 0 amide bonds. The first kappa shape index (κ1) is 27.0. The highest BCUT2D eigenvalue weighted by Crippen LogP contribution is 2.41. The molecule has 0 atom stereocenters. The first-order chi connectivity index (χ1) is 18.1. The van der Waals surface area contributed by atoms with Crippen LogP contribution in [0.1, 0.15) is 26.3 Å². The Morgan fingerprint density at radius 1 is 1.00 bits per heavy atom. The first-order valence-corrected chi connectivity index (χ1v) is 13.2. The van der Waals surface area contributed by atoms with Gasteiger partial charge in [-0.25, -0.2) is 13.4 Å². The van der Waals surface area contributed by atoms with E-state index in [0.29, 0.717) is 11.3 Å². The number of aliphatic hydroxyl groups is 1. The van der Waals surface area contributed by atoms with Crippen LogP contribution in [0, 0.1) is 0 Å². The Morgan fingerprint density at radius 3 is 2.32 bits per heavy atom. The van der Waals surface area contributed by atoms with E-state index in [4.69, 9.17) is 18.6 Å². The van der Waals surface area contributed by atoms with Crippen LogP contribution in [0.2, 0.25) is 0 Å². The fraction of sp³-hybridized carbons (Fsp3) is 0.259. The summed E-state index contributed by atoms with van der Waals surface area (Å²) in [5, 5.41) is 9.37. The Hall–Kier alpha value is -4.09. The van der Waals surface area contributed by atoms with Crippen molar-refractivity contribution in [2.24, 2.45) is 0 Å². The Morgan fingerprint density at radius 2 is 1.71 bits per heavy atom. The van der Waals surface area contributed by atoms with Crippen molar-refractivity contribution in [3.63, 3.8) is 0 Å². The van der Waals surface area contributed by atoms with Gasteiger partial charge in [0.15, 0.2) is 23.1 Å². The van der Waals surface area contributed by atoms with Crippen LogP contribution in [0.5, 0.6) is 23.1 Å². The minimum Gasteiger partial charge on any atom is -0.493 e. The zero-order valence-corrected chi connectivity index (χ0v) is 22.3. The van der Waals surface area contributed by atoms with Crippen molar-refractivity contribution < 1.29 is 32.2 Å². The number of nitrogens with zero attached hydrogens (tertiary/aromatic N) is 2. The molecule has 0 aliphatic heterocycles. The van der Waals surface area contributed by atoms with E-state index < -0.39 is 10.0 Å². The van der Waals surface area contributed by atoms with E-state index in [0.717, 1.165) is 5.56 Å². The van der Waals surface area contributed by atoms with Gasteiger partial charge in [-0.1, -0.05) is 45.0 Å². The fourth-order valence-electron chi connectivity index (χ4n) is 3.49. The number of ether oxygens (including phenoxy) is 3. The van der Waals surface area contributed by atoms with E-state index in [-0.39, 0.29) is 52.5 Å². The number of furan rings is 1. The number of aromatic nitrogens is 2. The number of anilines is 1. The molecular weight excluding hydrogens is 510 g/mol. The molecule has 0 spiro atoms. The molecule has 0 radical (unpaired) electrons. The van der Waals surface area contributed by atoms with Gasteiger partial charge in [-0.3, -0.25) is 4.72 Å². The number of hydrogen-bond acceptors (Lipinski definition) is 9. The van der Waals surface area contributed by atoms with Gasteiger partial charge in [0, 0.05) is 0 Å². The summed E-state index contributed by atoms with van der Waals surface area (Å²) >= 11 is 0. The van der Waals surface area contributed by atoms with Crippen LogP contribution in [0.15, 0.2) is 76.4 Å². The van der Waals surface area contributed by atoms with Crippen molar-refractivity contribution in [1.29, 1.82) is 0 Å². The van der Waals surface area contributed by atoms with Gasteiger partial charge in [-0.05, 0) is 41.3 Å². The maximum absolute atomic E-state index is 13.5. The van der Waals surface area contributed by atoms with Gasteiger partial charge >= 0.3 is 0 Å². The van der Waals surface area contributed by atoms with E-state index in [1.807, 2.05) is 20.8 Å². The van der Waals surface area contributed by atoms with Gasteiger partial charge in [0.05, 0.1) is 30.4 Å². The van der Waals surface area contributed by atoms with E-state index in [1.165, 1.54) is 31.8 Å². The quantitative estimate of drug-likeness (QED) is 0.285. The lowest BCUT2D eigenvalue weighted by Gasteiger charge is -2.20. The third-order valence-electron chi connectivity index (χ3n) is 5.49. The summed E-state index contributed by atoms with van der Waals surface area (Å²) in [6, 6.07) is 15.0. The summed E-state index contributed by atoms with van der Waals surface area (Å²) in [6.07, 6.45) is 2.85. The molecule has 0 aliphatic rings. The molecule has 4 rings (SSSR count). The highest BCUT2D eigenvalue weighted by Gasteiger charge is 2.26. The number of rotatable bonds is 10. The second-order valence-electron chi connectivity index (χ2n) is 9.25. The monoisotopic (exact) mass is 539 g/mol. The van der Waals surface area contributed by atoms with Gasteiger partial charge in [0.2, 0.25) is 5.75 Å². The van der Waals surface area contributed by atoms with Crippen LogP contribution in [0.3, 0.4) is 0 Å². The molecule has 2 heterocycles. The molecule has 0 saturated carbocycles. The van der Waals surface area contributed by atoms with Crippen molar-refractivity contribution >= 4 is 15.8 Å². The summed E-state index contributed by atoms with van der Waals surface area (Å²) < 4.78 is 51.7. The molecule has 0 bridgehead atoms. The lowest BCUT2D eigenvalue weighted by molar-refractivity contribution is 0.192. The van der Waals surface area contributed by atoms with Crippen molar-refractivity contribution in [3.05, 3.63) is 72.7 Å². The summed E-state index contributed by atoms with van der Waals surface area (Å²) in [6.45, 7) is 5.71. The molecular formula is C27H29N3O7S. The predicted octanol–water partition coefficient (Wildman–Crippen LogP) is 5.01. The molecule has 4 aromatic rings. The number of methoxy groups -OCH3 is 1. The summed E-state index contributed by atoms with van der Waals surface area (Å²) in [7, 11) is -2.63. The van der Waals surface area contributed by atoms with E-state index in [2.05, 4.69) is 14.7 Å². The number of sulfonamides is 1. The summed E-state index contributed by atoms with van der Waals surface area (Å²) in [4.78, 5) is 8.87. The lowest BCUT2D eigenvalue weighted by Crippen LogP contribution is -2.17. The standard InChI is InChI=1S/C27H29N3O7S/c1-27(2,3)19-9-11-20(12-10-19)38(32,33)30-25-23(37-22-8-6-5-7-21(22)34-4)26(36-16-14-31)29-24(28-25)18-13-15-35-17-18/h5-13,15,17,31H,14,16H2,1-4H3,(H,28,29,30). The van der Waals surface area contributed by atoms with Crippen LogP contribution in [-0.4, -0.2) is 43.8 Å². The maximum atomic E-state index is 13.5. The Kier molecular flexibility index (Phi) is 7.88. The fourth-order valence-corrected chi connectivity index (χ4v) is 4.49. The average molecular weight is 540 g/mol. The highest BCUT2D eigenvalue weighted by atomic mass is 32.2. The topological polar surface area (TPSA) is 133 Å². The van der Waals surface area contributed by atoms with Gasteiger partial charge in [0.1, 0.15) is 12.9 Å². The van der Waals surface area contributed by atoms with Crippen molar-refractivity contribution in [3.8, 4) is 34.5 Å². The Bertz CT molecular complexity index is 1480. The number of hydrogen-bond donors (Lipinski definition) is 2. The number of aliphatic hydroxyl groups excluding tert-OH is 1. The Labute approximate surface area is 221 Å². The highest BCUT2D eigenvalue weighted by molar-refractivity contribution is 7.92. The Balaban J connectivity index is 1.83. The van der Waals surface area contributed by atoms with Crippen molar-refractivity contribution in [2.75, 3.05) is 25.0 Å². The second kappa shape index (κ2) is 11.1. The summed E-state index contributed by atoms with van der Waals surface area (Å²) in [5.74, 6) is 0.432. The molecule has 0 saturated heterocycles. The van der Waals surface area contributed by atoms with Crippen LogP contribution in [-0.2, 0) is 15.4 Å². The maximum Gasteiger partial charge on any atom is 0.263 e. The first-order valence-electron chi connectivity index (χ1n) is 11.7. The molecule has 0 unspecified atom stereocenters. The SMILES string of the molecule is COc1ccccc1Oc1c(NS(=O)(=O)c2ccc(C(C)(C)C)cc2)nc(-c2ccoc2)nc1OCCO. The van der Waals surface area contributed by atoms with E-state index >= 15 is 0 Å². The molecule has 0 fully saturated rings. The second-order valence-corrected chi connectivity index (χ2v) is 10.9. The van der Waals surface area contributed by atoms with Crippen molar-refractivity contribution in [1.82, 2.24) is 9.97 Å². The zero-order chi connectivity index (χ0) is 27.3. The molecule has 2 aromatic heterocycles. The molecule has 2 N–H and O–H groups in total. The van der Waals surface area contributed by atoms with Crippen molar-refractivity contribution in [2.45, 2.75) is 31.1 Å². The van der Waals surface area contributed by atoms with Gasteiger partial charge in [-0.2, -0.15) is 4.98 Å². The largest absolute Gasteiger partial charge is 0.493 e. The lowest BCUT2D eigenvalue weighted by atomic mass is 9.87. The minimum absolute atomic E-state index is 0.0371. The minimum atomic E-state index is -4.11. The van der Waals surface area contributed by atoms with Gasteiger partial charge in [-0.15, -0.1) is 0 Å². The van der Waals surface area contributed by atoms with E-state index in [9.17, 15) is 13.5 Å². The number of nitrogens with one attached hydrogen (secondary N) is 1. The smallest absolute Gasteiger partial charge is 0.263 e. The molecule has 38 heavy (non-hydrogen) atoms. The predicted molar refractivity (Wildman–Crippen MR) is 141 cm³/mol. The van der Waals surface area contributed by atoms with Gasteiger partial charge in [0.25, 0.3) is 15.9 Å². The molecule has 10 nitrogen and oxygen atoms in total. The van der Waals surface area contributed by atoms with E-state index in [1.54, 1.807) is 42.5 Å². The molecule has 2 aromatic carbocycles.